The lowest BCUT2D eigenvalue weighted by atomic mass is 10.0. The van der Waals surface area contributed by atoms with Gasteiger partial charge in [-0.3, -0.25) is 20.2 Å². The van der Waals surface area contributed by atoms with E-state index in [0.29, 0.717) is 17.2 Å². The van der Waals surface area contributed by atoms with Crippen LogP contribution in [0.25, 0.3) is 0 Å². The van der Waals surface area contributed by atoms with Crippen LogP contribution in [0.5, 0.6) is 17.2 Å². The highest BCUT2D eigenvalue weighted by atomic mass is 19.1. The summed E-state index contributed by atoms with van der Waals surface area (Å²) < 4.78 is 29.8. The number of benzene rings is 2. The molecule has 3 rings (SSSR count). The maximum Gasteiger partial charge on any atom is 0.258 e. The van der Waals surface area contributed by atoms with Gasteiger partial charge in [-0.05, 0) is 18.2 Å². The minimum Gasteiger partial charge on any atom is -0.493 e. The predicted molar refractivity (Wildman–Crippen MR) is 103 cm³/mol. The quantitative estimate of drug-likeness (QED) is 0.801. The Hall–Kier alpha value is -3.62. The molecule has 0 fully saturated rings. The van der Waals surface area contributed by atoms with Gasteiger partial charge in [-0.1, -0.05) is 18.2 Å². The number of halogens is 1. The van der Waals surface area contributed by atoms with Gasteiger partial charge in [0.15, 0.2) is 11.5 Å². The Labute approximate surface area is 166 Å². The fourth-order valence-corrected chi connectivity index (χ4v) is 2.97. The number of ether oxygens (including phenoxy) is 3. The molecule has 2 amide bonds. The number of hydrogen-bond acceptors (Lipinski definition) is 6. The molecule has 0 bridgehead atoms. The monoisotopic (exact) mass is 401 g/mol. The Kier molecular flexibility index (Phi) is 5.96. The average Bonchev–Trinajstić information content (AvgIpc) is 2.72. The van der Waals surface area contributed by atoms with Crippen molar-refractivity contribution in [2.75, 3.05) is 21.3 Å². The van der Waals surface area contributed by atoms with E-state index in [9.17, 15) is 14.0 Å². The first-order chi connectivity index (χ1) is 14.0. The molecule has 29 heavy (non-hydrogen) atoms. The van der Waals surface area contributed by atoms with Crippen molar-refractivity contribution in [1.82, 2.24) is 10.6 Å². The number of carbonyl (C=O) groups excluding carboxylic acids is 2. The van der Waals surface area contributed by atoms with Crippen LogP contribution in [0.15, 0.2) is 41.4 Å². The van der Waals surface area contributed by atoms with E-state index in [4.69, 9.17) is 14.2 Å². The van der Waals surface area contributed by atoms with Gasteiger partial charge in [0.05, 0.1) is 33.8 Å². The molecule has 0 radical (unpaired) electrons. The minimum absolute atomic E-state index is 0.0233. The van der Waals surface area contributed by atoms with Gasteiger partial charge in [0.1, 0.15) is 5.82 Å². The number of carbonyl (C=O) groups is 2. The molecule has 1 aliphatic heterocycles. The van der Waals surface area contributed by atoms with E-state index >= 15 is 0 Å². The van der Waals surface area contributed by atoms with Gasteiger partial charge in [0.2, 0.25) is 17.6 Å². The molecule has 2 N–H and O–H groups in total. The fraction of sp³-hybridized carbons (Fsp3) is 0.250. The third-order valence-corrected chi connectivity index (χ3v) is 4.34. The number of rotatable bonds is 5. The summed E-state index contributed by atoms with van der Waals surface area (Å²) in [6.45, 7) is 0. The molecule has 9 heteroatoms. The maximum atomic E-state index is 14.1. The van der Waals surface area contributed by atoms with Crippen LogP contribution in [0.4, 0.5) is 4.39 Å². The molecular formula is C20H20FN3O5. The molecule has 8 nitrogen and oxygen atoms in total. The molecule has 1 atom stereocenters. The van der Waals surface area contributed by atoms with Crippen molar-refractivity contribution in [3.05, 3.63) is 53.3 Å². The zero-order valence-electron chi connectivity index (χ0n) is 16.1. The summed E-state index contributed by atoms with van der Waals surface area (Å²) >= 11 is 0. The van der Waals surface area contributed by atoms with E-state index < -0.39 is 17.8 Å². The van der Waals surface area contributed by atoms with Crippen LogP contribution in [-0.2, 0) is 4.79 Å². The lowest BCUT2D eigenvalue weighted by Crippen LogP contribution is -2.47. The summed E-state index contributed by atoms with van der Waals surface area (Å²) in [5.41, 5.74) is 0.478. The Morgan fingerprint density at radius 1 is 1.14 bits per heavy atom. The highest BCUT2D eigenvalue weighted by Gasteiger charge is 2.26. The van der Waals surface area contributed by atoms with E-state index in [0.717, 1.165) is 0 Å². The van der Waals surface area contributed by atoms with Gasteiger partial charge in [-0.15, -0.1) is 0 Å². The van der Waals surface area contributed by atoms with Crippen molar-refractivity contribution < 1.29 is 28.2 Å². The standard InChI is InChI=1S/C20H20FN3O5/c1-27-15-8-11(9-16(28-2)18(15)29-3)19(26)24-20-22-14(10-17(25)23-20)12-6-4-5-7-13(12)21/h4-9,14H,10H2,1-3H3,(H2,22,23,24,25,26)/t14-/m1/s1. The zero-order valence-corrected chi connectivity index (χ0v) is 16.1. The summed E-state index contributed by atoms with van der Waals surface area (Å²) in [5.74, 6) is -0.522. The number of aliphatic imine (C=N–C) groups is 1. The molecular weight excluding hydrogens is 381 g/mol. The van der Waals surface area contributed by atoms with Crippen molar-refractivity contribution in [2.24, 2.45) is 4.99 Å². The molecule has 0 aromatic heterocycles. The highest BCUT2D eigenvalue weighted by Crippen LogP contribution is 2.38. The summed E-state index contributed by atoms with van der Waals surface area (Å²) in [5, 5.41) is 5.02. The number of guanidine groups is 1. The van der Waals surface area contributed by atoms with Gasteiger partial charge in [-0.25, -0.2) is 9.38 Å². The molecule has 0 unspecified atom stereocenters. The lowest BCUT2D eigenvalue weighted by molar-refractivity contribution is -0.120. The van der Waals surface area contributed by atoms with Crippen molar-refractivity contribution >= 4 is 17.8 Å². The summed E-state index contributed by atoms with van der Waals surface area (Å²) in [6, 6.07) is 8.27. The lowest BCUT2D eigenvalue weighted by Gasteiger charge is -2.22. The van der Waals surface area contributed by atoms with Crippen LogP contribution in [0, 0.1) is 5.82 Å². The third kappa shape index (κ3) is 4.29. The second-order valence-electron chi connectivity index (χ2n) is 6.14. The number of amides is 2. The number of hydrogen-bond donors (Lipinski definition) is 2. The molecule has 1 heterocycles. The minimum atomic E-state index is -0.736. The van der Waals surface area contributed by atoms with Gasteiger partial charge >= 0.3 is 0 Å². The summed E-state index contributed by atoms with van der Waals surface area (Å²) in [4.78, 5) is 29.0. The zero-order chi connectivity index (χ0) is 21.0. The van der Waals surface area contributed by atoms with E-state index in [-0.39, 0.29) is 29.4 Å². The molecule has 152 valence electrons. The summed E-state index contributed by atoms with van der Waals surface area (Å²) in [7, 11) is 4.32. The van der Waals surface area contributed by atoms with Crippen molar-refractivity contribution in [3.8, 4) is 17.2 Å². The molecule has 2 aromatic rings. The third-order valence-electron chi connectivity index (χ3n) is 4.34. The number of nitrogens with one attached hydrogen (secondary N) is 2. The predicted octanol–water partition coefficient (Wildman–Crippen LogP) is 2.20. The van der Waals surface area contributed by atoms with Crippen LogP contribution in [0.3, 0.4) is 0 Å². The van der Waals surface area contributed by atoms with Crippen molar-refractivity contribution in [2.45, 2.75) is 12.5 Å². The average molecular weight is 401 g/mol. The molecule has 0 saturated heterocycles. The van der Waals surface area contributed by atoms with Crippen LogP contribution in [0.2, 0.25) is 0 Å². The van der Waals surface area contributed by atoms with Crippen LogP contribution in [0.1, 0.15) is 28.4 Å². The molecule has 2 aromatic carbocycles. The number of methoxy groups -OCH3 is 3. The Morgan fingerprint density at radius 2 is 1.79 bits per heavy atom. The van der Waals surface area contributed by atoms with Crippen LogP contribution in [-0.4, -0.2) is 39.1 Å². The van der Waals surface area contributed by atoms with Crippen LogP contribution >= 0.6 is 0 Å². The molecule has 0 aliphatic carbocycles. The second kappa shape index (κ2) is 8.59. The first-order valence-corrected chi connectivity index (χ1v) is 8.70. The van der Waals surface area contributed by atoms with E-state index in [2.05, 4.69) is 15.6 Å². The smallest absolute Gasteiger partial charge is 0.258 e. The highest BCUT2D eigenvalue weighted by molar-refractivity contribution is 6.11. The maximum absolute atomic E-state index is 14.1. The van der Waals surface area contributed by atoms with Gasteiger partial charge in [-0.2, -0.15) is 0 Å². The Balaban J connectivity index is 1.88. The van der Waals surface area contributed by atoms with Crippen LogP contribution < -0.4 is 24.8 Å². The van der Waals surface area contributed by atoms with Gasteiger partial charge in [0, 0.05) is 11.1 Å². The summed E-state index contributed by atoms with van der Waals surface area (Å²) in [6.07, 6.45) is -0.0233. The molecule has 0 saturated carbocycles. The molecule has 1 aliphatic rings. The number of nitrogens with zero attached hydrogens (tertiary/aromatic N) is 1. The van der Waals surface area contributed by atoms with E-state index in [1.54, 1.807) is 18.2 Å². The van der Waals surface area contributed by atoms with Gasteiger partial charge < -0.3 is 14.2 Å². The first kappa shape index (κ1) is 20.1. The van der Waals surface area contributed by atoms with E-state index in [1.165, 1.54) is 39.5 Å². The SMILES string of the molecule is COc1cc(C(=O)NC2=N[C@@H](c3ccccc3F)CC(=O)N2)cc(OC)c1OC. The Morgan fingerprint density at radius 3 is 2.38 bits per heavy atom. The fourth-order valence-electron chi connectivity index (χ4n) is 2.97. The first-order valence-electron chi connectivity index (χ1n) is 8.70. The van der Waals surface area contributed by atoms with E-state index in [1.807, 2.05) is 0 Å². The second-order valence-corrected chi connectivity index (χ2v) is 6.14. The normalized spacial score (nSPS) is 15.8. The Bertz CT molecular complexity index is 951. The van der Waals surface area contributed by atoms with Crippen molar-refractivity contribution in [3.63, 3.8) is 0 Å². The molecule has 0 spiro atoms. The largest absolute Gasteiger partial charge is 0.493 e. The topological polar surface area (TPSA) is 98.2 Å². The van der Waals surface area contributed by atoms with Gasteiger partial charge in [0.25, 0.3) is 5.91 Å². The van der Waals surface area contributed by atoms with Crippen molar-refractivity contribution in [1.29, 1.82) is 0 Å².